The first-order valence-electron chi connectivity index (χ1n) is 5.27. The standard InChI is InChI=1S/C12H15BrFNO2/c1-8(7-17-2)6-15-12(16)9-4-3-5-10(14)11(9)13/h3-5,8H,6-7H2,1-2H3,(H,15,16). The molecular formula is C12H15BrFNO2. The Kier molecular flexibility index (Phi) is 5.58. The number of carbonyl (C=O) groups is 1. The quantitative estimate of drug-likeness (QED) is 0.908. The molecular weight excluding hydrogens is 289 g/mol. The number of methoxy groups -OCH3 is 1. The van der Waals surface area contributed by atoms with Crippen LogP contribution in [0.2, 0.25) is 0 Å². The molecule has 5 heteroatoms. The van der Waals surface area contributed by atoms with Gasteiger partial charge < -0.3 is 10.1 Å². The van der Waals surface area contributed by atoms with Gasteiger partial charge in [0.25, 0.3) is 5.91 Å². The molecule has 0 heterocycles. The predicted octanol–water partition coefficient (Wildman–Crippen LogP) is 2.60. The van der Waals surface area contributed by atoms with Crippen molar-refractivity contribution in [3.05, 3.63) is 34.1 Å². The second-order valence-electron chi connectivity index (χ2n) is 3.87. The molecule has 1 aromatic rings. The highest BCUT2D eigenvalue weighted by Crippen LogP contribution is 2.20. The zero-order chi connectivity index (χ0) is 12.8. The van der Waals surface area contributed by atoms with Crippen LogP contribution in [0.5, 0.6) is 0 Å². The maximum absolute atomic E-state index is 13.2. The fourth-order valence-electron chi connectivity index (χ4n) is 1.38. The van der Waals surface area contributed by atoms with Gasteiger partial charge in [-0.25, -0.2) is 4.39 Å². The normalized spacial score (nSPS) is 12.2. The number of carbonyl (C=O) groups excluding carboxylic acids is 1. The van der Waals surface area contributed by atoms with Gasteiger partial charge in [-0.2, -0.15) is 0 Å². The summed E-state index contributed by atoms with van der Waals surface area (Å²) in [5.41, 5.74) is 0.301. The highest BCUT2D eigenvalue weighted by atomic mass is 79.9. The Bertz CT molecular complexity index is 398. The molecule has 0 radical (unpaired) electrons. The van der Waals surface area contributed by atoms with E-state index >= 15 is 0 Å². The number of rotatable bonds is 5. The van der Waals surface area contributed by atoms with E-state index in [2.05, 4.69) is 21.2 Å². The van der Waals surface area contributed by atoms with Crippen molar-refractivity contribution in [1.82, 2.24) is 5.32 Å². The third kappa shape index (κ3) is 4.09. The molecule has 1 unspecified atom stereocenters. The summed E-state index contributed by atoms with van der Waals surface area (Å²) in [6, 6.07) is 4.38. The fourth-order valence-corrected chi connectivity index (χ4v) is 1.83. The minimum Gasteiger partial charge on any atom is -0.384 e. The van der Waals surface area contributed by atoms with Crippen molar-refractivity contribution in [1.29, 1.82) is 0 Å². The number of ether oxygens (including phenoxy) is 1. The highest BCUT2D eigenvalue weighted by Gasteiger charge is 2.13. The minimum absolute atomic E-state index is 0.192. The number of amides is 1. The van der Waals surface area contributed by atoms with E-state index in [9.17, 15) is 9.18 Å². The van der Waals surface area contributed by atoms with Crippen LogP contribution in [0.1, 0.15) is 17.3 Å². The van der Waals surface area contributed by atoms with Gasteiger partial charge in [-0.1, -0.05) is 13.0 Å². The Morgan fingerprint density at radius 3 is 2.94 bits per heavy atom. The molecule has 1 aromatic carbocycles. The molecule has 3 nitrogen and oxygen atoms in total. The third-order valence-electron chi connectivity index (χ3n) is 2.26. The molecule has 0 saturated carbocycles. The van der Waals surface area contributed by atoms with Crippen LogP contribution in [0.25, 0.3) is 0 Å². The highest BCUT2D eigenvalue weighted by molar-refractivity contribution is 9.10. The van der Waals surface area contributed by atoms with E-state index in [1.165, 1.54) is 12.1 Å². The summed E-state index contributed by atoms with van der Waals surface area (Å²) in [6.07, 6.45) is 0. The molecule has 17 heavy (non-hydrogen) atoms. The predicted molar refractivity (Wildman–Crippen MR) is 67.5 cm³/mol. The molecule has 1 rings (SSSR count). The van der Waals surface area contributed by atoms with Gasteiger partial charge in [-0.15, -0.1) is 0 Å². The molecule has 1 amide bonds. The molecule has 0 aliphatic rings. The van der Waals surface area contributed by atoms with Crippen molar-refractivity contribution < 1.29 is 13.9 Å². The average Bonchev–Trinajstić information content (AvgIpc) is 2.30. The molecule has 0 fully saturated rings. The van der Waals surface area contributed by atoms with Gasteiger partial charge in [-0.05, 0) is 34.0 Å². The number of benzene rings is 1. The maximum Gasteiger partial charge on any atom is 0.252 e. The third-order valence-corrected chi connectivity index (χ3v) is 3.06. The van der Waals surface area contributed by atoms with Crippen molar-refractivity contribution in [3.8, 4) is 0 Å². The van der Waals surface area contributed by atoms with Crippen LogP contribution in [-0.2, 0) is 4.74 Å². The van der Waals surface area contributed by atoms with Gasteiger partial charge >= 0.3 is 0 Å². The second kappa shape index (κ2) is 6.71. The summed E-state index contributed by atoms with van der Waals surface area (Å²) in [5, 5.41) is 2.74. The molecule has 0 aliphatic heterocycles. The lowest BCUT2D eigenvalue weighted by Gasteiger charge is -2.12. The molecule has 0 aliphatic carbocycles. The van der Waals surface area contributed by atoms with Crippen molar-refractivity contribution in [2.75, 3.05) is 20.3 Å². The van der Waals surface area contributed by atoms with Gasteiger partial charge in [0, 0.05) is 13.7 Å². The number of halogens is 2. The van der Waals surface area contributed by atoms with Crippen molar-refractivity contribution in [2.24, 2.45) is 5.92 Å². The molecule has 94 valence electrons. The van der Waals surface area contributed by atoms with Crippen LogP contribution < -0.4 is 5.32 Å². The van der Waals surface area contributed by atoms with Crippen LogP contribution in [-0.4, -0.2) is 26.2 Å². The monoisotopic (exact) mass is 303 g/mol. The topological polar surface area (TPSA) is 38.3 Å². The molecule has 1 N–H and O–H groups in total. The van der Waals surface area contributed by atoms with E-state index < -0.39 is 5.82 Å². The fraction of sp³-hybridized carbons (Fsp3) is 0.417. The van der Waals surface area contributed by atoms with Gasteiger partial charge in [0.15, 0.2) is 0 Å². The largest absolute Gasteiger partial charge is 0.384 e. The first-order chi connectivity index (χ1) is 8.06. The summed E-state index contributed by atoms with van der Waals surface area (Å²) in [4.78, 5) is 11.8. The van der Waals surface area contributed by atoms with Gasteiger partial charge in [0.2, 0.25) is 0 Å². The summed E-state index contributed by atoms with van der Waals surface area (Å²) in [7, 11) is 1.61. The molecule has 0 aromatic heterocycles. The van der Waals surface area contributed by atoms with Crippen LogP contribution in [0.15, 0.2) is 22.7 Å². The molecule has 0 spiro atoms. The Morgan fingerprint density at radius 2 is 2.29 bits per heavy atom. The first-order valence-corrected chi connectivity index (χ1v) is 6.06. The molecule has 1 atom stereocenters. The average molecular weight is 304 g/mol. The van der Waals surface area contributed by atoms with Crippen LogP contribution >= 0.6 is 15.9 Å². The number of hydrogen-bond acceptors (Lipinski definition) is 2. The summed E-state index contributed by atoms with van der Waals surface area (Å²) >= 11 is 3.06. The van der Waals surface area contributed by atoms with Gasteiger partial charge in [0.05, 0.1) is 16.6 Å². The molecule has 0 bridgehead atoms. The smallest absolute Gasteiger partial charge is 0.252 e. The lowest BCUT2D eigenvalue weighted by molar-refractivity contribution is 0.0933. The van der Waals surface area contributed by atoms with Crippen LogP contribution in [0.3, 0.4) is 0 Å². The van der Waals surface area contributed by atoms with E-state index in [4.69, 9.17) is 4.74 Å². The van der Waals surface area contributed by atoms with Crippen LogP contribution in [0, 0.1) is 11.7 Å². The summed E-state index contributed by atoms with van der Waals surface area (Å²) < 4.78 is 18.4. The lowest BCUT2D eigenvalue weighted by atomic mass is 10.1. The number of hydrogen-bond donors (Lipinski definition) is 1. The first kappa shape index (κ1) is 14.1. The second-order valence-corrected chi connectivity index (χ2v) is 4.66. The van der Waals surface area contributed by atoms with E-state index in [0.717, 1.165) is 0 Å². The zero-order valence-corrected chi connectivity index (χ0v) is 11.4. The van der Waals surface area contributed by atoms with Gasteiger partial charge in [-0.3, -0.25) is 4.79 Å². The van der Waals surface area contributed by atoms with E-state index in [0.29, 0.717) is 18.7 Å². The Hall–Kier alpha value is -0.940. The lowest BCUT2D eigenvalue weighted by Crippen LogP contribution is -2.30. The van der Waals surface area contributed by atoms with E-state index in [1.54, 1.807) is 13.2 Å². The molecule has 0 saturated heterocycles. The minimum atomic E-state index is -0.442. The van der Waals surface area contributed by atoms with Crippen molar-refractivity contribution in [2.45, 2.75) is 6.92 Å². The summed E-state index contributed by atoms with van der Waals surface area (Å²) in [6.45, 7) is 3.03. The van der Waals surface area contributed by atoms with E-state index in [1.807, 2.05) is 6.92 Å². The van der Waals surface area contributed by atoms with E-state index in [-0.39, 0.29) is 16.3 Å². The Balaban J connectivity index is 2.61. The zero-order valence-electron chi connectivity index (χ0n) is 9.80. The van der Waals surface area contributed by atoms with Crippen molar-refractivity contribution in [3.63, 3.8) is 0 Å². The van der Waals surface area contributed by atoms with Crippen LogP contribution in [0.4, 0.5) is 4.39 Å². The number of nitrogens with one attached hydrogen (secondary N) is 1. The Morgan fingerprint density at radius 1 is 1.59 bits per heavy atom. The Labute approximate surface area is 108 Å². The van der Waals surface area contributed by atoms with Gasteiger partial charge in [0.1, 0.15) is 5.82 Å². The SMILES string of the molecule is COCC(C)CNC(=O)c1cccc(F)c1Br. The summed E-state index contributed by atoms with van der Waals surface area (Å²) in [5.74, 6) is -0.516. The maximum atomic E-state index is 13.2. The van der Waals surface area contributed by atoms with Crippen molar-refractivity contribution >= 4 is 21.8 Å².